The van der Waals surface area contributed by atoms with Crippen LogP contribution in [0.2, 0.25) is 0 Å². The van der Waals surface area contributed by atoms with E-state index in [1.165, 1.54) is 0 Å². The summed E-state index contributed by atoms with van der Waals surface area (Å²) in [5, 5.41) is 0. The van der Waals surface area contributed by atoms with Crippen LogP contribution in [0.3, 0.4) is 0 Å². The zero-order chi connectivity index (χ0) is 32.8. The van der Waals surface area contributed by atoms with E-state index in [1.807, 2.05) is 13.8 Å². The van der Waals surface area contributed by atoms with Gasteiger partial charge in [-0.1, -0.05) is 54.4 Å². The van der Waals surface area contributed by atoms with E-state index in [2.05, 4.69) is 53.7 Å². The molecule has 1 rings (SSSR count). The van der Waals surface area contributed by atoms with E-state index in [1.54, 1.807) is 0 Å². The first-order valence-corrected chi connectivity index (χ1v) is 16.9. The van der Waals surface area contributed by atoms with Crippen LogP contribution >= 0.6 is 0 Å². The highest BCUT2D eigenvalue weighted by molar-refractivity contribution is 5.69. The molecule has 1 aromatic rings. The molecular formula is C36H62O8. The van der Waals surface area contributed by atoms with Gasteiger partial charge in [0.15, 0.2) is 0 Å². The van der Waals surface area contributed by atoms with Crippen LogP contribution in [-0.2, 0) is 39.4 Å². The SMILES string of the molecule is CCCCOCCOC(=O)CCCC(C)(C)c1cc(OCC)c(C(C)(C)CCCC(=O)OCCOCCCC)cc1OCC. The van der Waals surface area contributed by atoms with E-state index in [0.29, 0.717) is 78.5 Å². The van der Waals surface area contributed by atoms with Gasteiger partial charge in [-0.3, -0.25) is 9.59 Å². The number of unbranched alkanes of at least 4 members (excludes halogenated alkanes) is 2. The van der Waals surface area contributed by atoms with Gasteiger partial charge in [0.05, 0.1) is 26.4 Å². The van der Waals surface area contributed by atoms with Crippen molar-refractivity contribution in [2.24, 2.45) is 0 Å². The minimum atomic E-state index is -0.257. The van der Waals surface area contributed by atoms with Crippen LogP contribution < -0.4 is 9.47 Å². The van der Waals surface area contributed by atoms with E-state index >= 15 is 0 Å². The lowest BCUT2D eigenvalue weighted by Crippen LogP contribution is -2.23. The number of esters is 2. The van der Waals surface area contributed by atoms with Crippen LogP contribution in [0.4, 0.5) is 0 Å². The molecular weight excluding hydrogens is 560 g/mol. The smallest absolute Gasteiger partial charge is 0.305 e. The Labute approximate surface area is 267 Å². The lowest BCUT2D eigenvalue weighted by Gasteiger charge is -2.32. The first-order valence-electron chi connectivity index (χ1n) is 16.9. The molecule has 0 aliphatic carbocycles. The Hall–Kier alpha value is -2.32. The first-order chi connectivity index (χ1) is 21.0. The van der Waals surface area contributed by atoms with Crippen molar-refractivity contribution in [2.45, 2.75) is 130 Å². The summed E-state index contributed by atoms with van der Waals surface area (Å²) < 4.78 is 34.0. The molecule has 254 valence electrons. The first kappa shape index (κ1) is 39.7. The Morgan fingerprint density at radius 1 is 0.568 bits per heavy atom. The van der Waals surface area contributed by atoms with Crippen molar-refractivity contribution in [3.05, 3.63) is 23.3 Å². The standard InChI is InChI=1S/C36H62O8/c1-9-13-21-39-23-25-43-33(37)17-15-19-35(5,6)29-27-32(42-12-4)30(28-31(29)41-11-3)36(7,8)20-16-18-34(38)44-26-24-40-22-14-10-2/h27-28H,9-26H2,1-8H3. The molecule has 0 N–H and O–H groups in total. The lowest BCUT2D eigenvalue weighted by atomic mass is 9.75. The third-order valence-corrected chi connectivity index (χ3v) is 7.77. The fraction of sp³-hybridized carbons (Fsp3) is 0.778. The fourth-order valence-corrected chi connectivity index (χ4v) is 5.06. The number of carbonyl (C=O) groups is 2. The second-order valence-corrected chi connectivity index (χ2v) is 12.6. The zero-order valence-corrected chi connectivity index (χ0v) is 29.1. The predicted molar refractivity (Wildman–Crippen MR) is 176 cm³/mol. The monoisotopic (exact) mass is 622 g/mol. The highest BCUT2D eigenvalue weighted by Gasteiger charge is 2.31. The maximum absolute atomic E-state index is 12.3. The van der Waals surface area contributed by atoms with Crippen LogP contribution in [0.25, 0.3) is 0 Å². The maximum Gasteiger partial charge on any atom is 0.305 e. The van der Waals surface area contributed by atoms with E-state index in [-0.39, 0.29) is 22.8 Å². The summed E-state index contributed by atoms with van der Waals surface area (Å²) in [5.41, 5.74) is 1.61. The number of hydrogen-bond donors (Lipinski definition) is 0. The third-order valence-electron chi connectivity index (χ3n) is 7.77. The summed E-state index contributed by atoms with van der Waals surface area (Å²) in [5.74, 6) is 1.28. The van der Waals surface area contributed by atoms with Gasteiger partial charge in [-0.05, 0) is 75.3 Å². The van der Waals surface area contributed by atoms with Gasteiger partial charge in [0.1, 0.15) is 24.7 Å². The molecule has 0 bridgehead atoms. The van der Waals surface area contributed by atoms with Crippen molar-refractivity contribution in [3.63, 3.8) is 0 Å². The average Bonchev–Trinajstić information content (AvgIpc) is 2.97. The molecule has 0 unspecified atom stereocenters. The molecule has 0 aliphatic rings. The lowest BCUT2D eigenvalue weighted by molar-refractivity contribution is -0.146. The molecule has 0 aliphatic heterocycles. The second kappa shape index (κ2) is 22.2. The molecule has 0 heterocycles. The quantitative estimate of drug-likeness (QED) is 0.0756. The molecule has 0 fully saturated rings. The zero-order valence-electron chi connectivity index (χ0n) is 29.1. The molecule has 1 aromatic carbocycles. The summed E-state index contributed by atoms with van der Waals surface area (Å²) in [4.78, 5) is 24.6. The summed E-state index contributed by atoms with van der Waals surface area (Å²) in [6.07, 6.45) is 7.90. The average molecular weight is 623 g/mol. The van der Waals surface area contributed by atoms with E-state index in [9.17, 15) is 9.59 Å². The Morgan fingerprint density at radius 3 is 1.30 bits per heavy atom. The molecule has 0 saturated carbocycles. The van der Waals surface area contributed by atoms with Gasteiger partial charge in [0, 0.05) is 37.2 Å². The molecule has 0 spiro atoms. The third kappa shape index (κ3) is 15.6. The number of rotatable bonds is 26. The Balaban J connectivity index is 2.85. The number of benzene rings is 1. The number of ether oxygens (including phenoxy) is 6. The van der Waals surface area contributed by atoms with Crippen molar-refractivity contribution < 1.29 is 38.0 Å². The van der Waals surface area contributed by atoms with Crippen LogP contribution in [0.5, 0.6) is 11.5 Å². The van der Waals surface area contributed by atoms with E-state index in [4.69, 9.17) is 28.4 Å². The van der Waals surface area contributed by atoms with E-state index < -0.39 is 0 Å². The largest absolute Gasteiger partial charge is 0.494 e. The summed E-state index contributed by atoms with van der Waals surface area (Å²) >= 11 is 0. The van der Waals surface area contributed by atoms with Crippen molar-refractivity contribution in [3.8, 4) is 11.5 Å². The van der Waals surface area contributed by atoms with Gasteiger partial charge >= 0.3 is 11.9 Å². The van der Waals surface area contributed by atoms with Gasteiger partial charge in [-0.25, -0.2) is 0 Å². The van der Waals surface area contributed by atoms with Crippen LogP contribution in [0.1, 0.15) is 131 Å². The van der Waals surface area contributed by atoms with Crippen LogP contribution in [0, 0.1) is 0 Å². The second-order valence-electron chi connectivity index (χ2n) is 12.6. The van der Waals surface area contributed by atoms with Crippen molar-refractivity contribution in [2.75, 3.05) is 52.9 Å². The summed E-state index contributed by atoms with van der Waals surface area (Å²) in [7, 11) is 0. The summed E-state index contributed by atoms with van der Waals surface area (Å²) in [6.45, 7) is 20.9. The summed E-state index contributed by atoms with van der Waals surface area (Å²) in [6, 6.07) is 4.23. The molecule has 0 amide bonds. The number of hydrogen-bond acceptors (Lipinski definition) is 8. The molecule has 0 saturated heterocycles. The topological polar surface area (TPSA) is 89.5 Å². The van der Waals surface area contributed by atoms with E-state index in [0.717, 1.165) is 61.2 Å². The Morgan fingerprint density at radius 2 is 0.955 bits per heavy atom. The number of carbonyl (C=O) groups excluding carboxylic acids is 2. The van der Waals surface area contributed by atoms with Gasteiger partial charge < -0.3 is 28.4 Å². The highest BCUT2D eigenvalue weighted by atomic mass is 16.6. The maximum atomic E-state index is 12.3. The van der Waals surface area contributed by atoms with Gasteiger partial charge in [-0.15, -0.1) is 0 Å². The molecule has 8 heteroatoms. The highest BCUT2D eigenvalue weighted by Crippen LogP contribution is 2.44. The minimum Gasteiger partial charge on any atom is -0.494 e. The van der Waals surface area contributed by atoms with Crippen molar-refractivity contribution in [1.29, 1.82) is 0 Å². The Bertz CT molecular complexity index is 865. The van der Waals surface area contributed by atoms with Gasteiger partial charge in [0.2, 0.25) is 0 Å². The van der Waals surface area contributed by atoms with Gasteiger partial charge in [0.25, 0.3) is 0 Å². The molecule has 0 radical (unpaired) electrons. The molecule has 44 heavy (non-hydrogen) atoms. The predicted octanol–water partition coefficient (Wildman–Crippen LogP) is 8.10. The van der Waals surface area contributed by atoms with Crippen molar-refractivity contribution in [1.82, 2.24) is 0 Å². The normalized spacial score (nSPS) is 11.8. The molecule has 0 atom stereocenters. The van der Waals surface area contributed by atoms with Crippen LogP contribution in [0.15, 0.2) is 12.1 Å². The molecule has 0 aromatic heterocycles. The minimum absolute atomic E-state index is 0.193. The molecule has 8 nitrogen and oxygen atoms in total. The fourth-order valence-electron chi connectivity index (χ4n) is 5.06. The van der Waals surface area contributed by atoms with Crippen molar-refractivity contribution >= 4 is 11.9 Å². The Kier molecular flexibility index (Phi) is 20.1. The van der Waals surface area contributed by atoms with Crippen LogP contribution in [-0.4, -0.2) is 64.8 Å². The van der Waals surface area contributed by atoms with Gasteiger partial charge in [-0.2, -0.15) is 0 Å².